The number of rotatable bonds is 7. The lowest BCUT2D eigenvalue weighted by Crippen LogP contribution is -2.42. The summed E-state index contributed by atoms with van der Waals surface area (Å²) in [6.07, 6.45) is 2.46. The van der Waals surface area contributed by atoms with Crippen LogP contribution in [0.4, 0.5) is 5.69 Å². The maximum Gasteiger partial charge on any atom is 0.335 e. The number of anilines is 1. The van der Waals surface area contributed by atoms with Crippen LogP contribution in [0.1, 0.15) is 43.0 Å². The lowest BCUT2D eigenvalue weighted by molar-refractivity contribution is -0.120. The second kappa shape index (κ2) is 8.44. The standard InChI is InChI=1S/C17H24N2O5S/c1-2-3-12-25(23,24)19-10-8-13(9-11-19)16(20)18-15-6-4-14(5-7-15)17(21)22/h4-7,13H,2-3,8-12H2,1H3,(H,18,20)(H,21,22). The molecule has 1 fully saturated rings. The molecule has 1 aliphatic rings. The monoisotopic (exact) mass is 368 g/mol. The first-order chi connectivity index (χ1) is 11.8. The number of aromatic carboxylic acids is 1. The van der Waals surface area contributed by atoms with Crippen LogP contribution in [-0.2, 0) is 14.8 Å². The van der Waals surface area contributed by atoms with Gasteiger partial charge in [-0.2, -0.15) is 0 Å². The highest BCUT2D eigenvalue weighted by molar-refractivity contribution is 7.89. The number of nitrogens with zero attached hydrogens (tertiary/aromatic N) is 1. The summed E-state index contributed by atoms with van der Waals surface area (Å²) in [6, 6.07) is 5.96. The number of sulfonamides is 1. The number of hydrogen-bond donors (Lipinski definition) is 2. The molecule has 1 aromatic rings. The molecule has 0 saturated carbocycles. The highest BCUT2D eigenvalue weighted by atomic mass is 32.2. The normalized spacial score (nSPS) is 16.5. The Morgan fingerprint density at radius 1 is 1.20 bits per heavy atom. The molecule has 0 bridgehead atoms. The third kappa shape index (κ3) is 5.27. The van der Waals surface area contributed by atoms with E-state index >= 15 is 0 Å². The van der Waals surface area contributed by atoms with Gasteiger partial charge in [-0.3, -0.25) is 4.79 Å². The zero-order chi connectivity index (χ0) is 18.4. The Hall–Kier alpha value is -1.93. The first-order valence-corrected chi connectivity index (χ1v) is 10.1. The van der Waals surface area contributed by atoms with Crippen LogP contribution in [0.15, 0.2) is 24.3 Å². The van der Waals surface area contributed by atoms with E-state index in [1.165, 1.54) is 16.4 Å². The molecule has 1 aromatic carbocycles. The molecular weight excluding hydrogens is 344 g/mol. The molecule has 1 aliphatic heterocycles. The Morgan fingerprint density at radius 3 is 2.32 bits per heavy atom. The van der Waals surface area contributed by atoms with Crippen molar-refractivity contribution in [3.63, 3.8) is 0 Å². The second-order valence-electron chi connectivity index (χ2n) is 6.21. The van der Waals surface area contributed by atoms with Gasteiger partial charge in [-0.25, -0.2) is 17.5 Å². The lowest BCUT2D eigenvalue weighted by Gasteiger charge is -2.30. The molecule has 2 N–H and O–H groups in total. The molecule has 0 radical (unpaired) electrons. The van der Waals surface area contributed by atoms with Gasteiger partial charge in [-0.05, 0) is 43.5 Å². The fraction of sp³-hybridized carbons (Fsp3) is 0.529. The van der Waals surface area contributed by atoms with Gasteiger partial charge in [-0.1, -0.05) is 13.3 Å². The van der Waals surface area contributed by atoms with Gasteiger partial charge in [0, 0.05) is 24.7 Å². The Morgan fingerprint density at radius 2 is 1.80 bits per heavy atom. The summed E-state index contributed by atoms with van der Waals surface area (Å²) in [4.78, 5) is 23.1. The molecule has 138 valence electrons. The van der Waals surface area contributed by atoms with E-state index in [-0.39, 0.29) is 23.1 Å². The highest BCUT2D eigenvalue weighted by Gasteiger charge is 2.30. The second-order valence-corrected chi connectivity index (χ2v) is 8.30. The summed E-state index contributed by atoms with van der Waals surface area (Å²) in [5.74, 6) is -1.25. The fourth-order valence-corrected chi connectivity index (χ4v) is 4.47. The molecule has 0 aromatic heterocycles. The lowest BCUT2D eigenvalue weighted by atomic mass is 9.97. The van der Waals surface area contributed by atoms with Crippen molar-refractivity contribution in [3.05, 3.63) is 29.8 Å². The van der Waals surface area contributed by atoms with Crippen LogP contribution in [-0.4, -0.2) is 48.5 Å². The fourth-order valence-electron chi connectivity index (χ4n) is 2.79. The summed E-state index contributed by atoms with van der Waals surface area (Å²) >= 11 is 0. The quantitative estimate of drug-likeness (QED) is 0.767. The van der Waals surface area contributed by atoms with Crippen LogP contribution in [0.5, 0.6) is 0 Å². The van der Waals surface area contributed by atoms with Gasteiger partial charge in [0.15, 0.2) is 0 Å². The third-order valence-corrected chi connectivity index (χ3v) is 6.33. The minimum atomic E-state index is -3.22. The number of carbonyl (C=O) groups is 2. The van der Waals surface area contributed by atoms with Crippen molar-refractivity contribution in [2.75, 3.05) is 24.2 Å². The van der Waals surface area contributed by atoms with Gasteiger partial charge in [0.05, 0.1) is 11.3 Å². The zero-order valence-electron chi connectivity index (χ0n) is 14.3. The maximum atomic E-state index is 12.3. The Balaban J connectivity index is 1.87. The summed E-state index contributed by atoms with van der Waals surface area (Å²) in [7, 11) is -3.22. The molecule has 8 heteroatoms. The van der Waals surface area contributed by atoms with Crippen molar-refractivity contribution in [3.8, 4) is 0 Å². The molecule has 1 saturated heterocycles. The number of unbranched alkanes of at least 4 members (excludes halogenated alkanes) is 1. The molecule has 25 heavy (non-hydrogen) atoms. The van der Waals surface area contributed by atoms with Crippen molar-refractivity contribution in [2.24, 2.45) is 5.92 Å². The van der Waals surface area contributed by atoms with Crippen LogP contribution < -0.4 is 5.32 Å². The minimum absolute atomic E-state index is 0.156. The number of benzene rings is 1. The predicted octanol–water partition coefficient (Wildman–Crippen LogP) is 2.17. The largest absolute Gasteiger partial charge is 0.478 e. The maximum absolute atomic E-state index is 12.3. The summed E-state index contributed by atoms with van der Waals surface area (Å²) in [6.45, 7) is 2.68. The topological polar surface area (TPSA) is 104 Å². The van der Waals surface area contributed by atoms with Gasteiger partial charge in [0.1, 0.15) is 0 Å². The first-order valence-electron chi connectivity index (χ1n) is 8.45. The van der Waals surface area contributed by atoms with Gasteiger partial charge in [0.25, 0.3) is 0 Å². The van der Waals surface area contributed by atoms with Gasteiger partial charge < -0.3 is 10.4 Å². The van der Waals surface area contributed by atoms with Gasteiger partial charge >= 0.3 is 5.97 Å². The van der Waals surface area contributed by atoms with Crippen LogP contribution in [0.25, 0.3) is 0 Å². The Bertz CT molecular complexity index is 707. The molecule has 0 unspecified atom stereocenters. The molecule has 7 nitrogen and oxygen atoms in total. The molecule has 0 aliphatic carbocycles. The molecule has 0 spiro atoms. The minimum Gasteiger partial charge on any atom is -0.478 e. The summed E-state index contributed by atoms with van der Waals surface area (Å²) in [5.41, 5.74) is 0.691. The zero-order valence-corrected chi connectivity index (χ0v) is 15.1. The van der Waals surface area contributed by atoms with Crippen LogP contribution in [0, 0.1) is 5.92 Å². The van der Waals surface area contributed by atoms with E-state index in [1.807, 2.05) is 6.92 Å². The van der Waals surface area contributed by atoms with Crippen molar-refractivity contribution in [1.29, 1.82) is 0 Å². The molecular formula is C17H24N2O5S. The molecule has 1 amide bonds. The van der Waals surface area contributed by atoms with Crippen LogP contribution in [0.3, 0.4) is 0 Å². The number of nitrogens with one attached hydrogen (secondary N) is 1. The molecule has 1 heterocycles. The van der Waals surface area contributed by atoms with Crippen molar-refractivity contribution < 1.29 is 23.1 Å². The number of amides is 1. The van der Waals surface area contributed by atoms with E-state index in [0.717, 1.165) is 6.42 Å². The van der Waals surface area contributed by atoms with Gasteiger partial charge in [0.2, 0.25) is 15.9 Å². The van der Waals surface area contributed by atoms with Crippen molar-refractivity contribution in [2.45, 2.75) is 32.6 Å². The van der Waals surface area contributed by atoms with E-state index < -0.39 is 16.0 Å². The number of carbonyl (C=O) groups excluding carboxylic acids is 1. The predicted molar refractivity (Wildman–Crippen MR) is 95.0 cm³/mol. The van der Waals surface area contributed by atoms with Crippen LogP contribution in [0.2, 0.25) is 0 Å². The van der Waals surface area contributed by atoms with Crippen LogP contribution >= 0.6 is 0 Å². The van der Waals surface area contributed by atoms with Gasteiger partial charge in [-0.15, -0.1) is 0 Å². The molecule has 0 atom stereocenters. The van der Waals surface area contributed by atoms with E-state index in [4.69, 9.17) is 5.11 Å². The van der Waals surface area contributed by atoms with Crippen molar-refractivity contribution in [1.82, 2.24) is 4.31 Å². The average molecular weight is 368 g/mol. The van der Waals surface area contributed by atoms with Crippen molar-refractivity contribution >= 4 is 27.6 Å². The van der Waals surface area contributed by atoms with E-state index in [1.54, 1.807) is 12.1 Å². The average Bonchev–Trinajstić information content (AvgIpc) is 2.60. The smallest absolute Gasteiger partial charge is 0.335 e. The number of carboxylic acid groups (broad SMARTS) is 1. The SMILES string of the molecule is CCCCS(=O)(=O)N1CCC(C(=O)Nc2ccc(C(=O)O)cc2)CC1. The number of carboxylic acids is 1. The summed E-state index contributed by atoms with van der Waals surface area (Å²) < 4.78 is 25.8. The molecule has 2 rings (SSSR count). The first kappa shape index (κ1) is 19.4. The van der Waals surface area contributed by atoms with E-state index in [0.29, 0.717) is 38.0 Å². The van der Waals surface area contributed by atoms with E-state index in [9.17, 15) is 18.0 Å². The number of hydrogen-bond acceptors (Lipinski definition) is 4. The van der Waals surface area contributed by atoms with E-state index in [2.05, 4.69) is 5.32 Å². The summed E-state index contributed by atoms with van der Waals surface area (Å²) in [5, 5.41) is 11.6. The highest BCUT2D eigenvalue weighted by Crippen LogP contribution is 2.22. The number of piperidine rings is 1. The third-order valence-electron chi connectivity index (χ3n) is 4.37. The Kier molecular flexibility index (Phi) is 6.55. The Labute approximate surface area is 148 Å².